The van der Waals surface area contributed by atoms with Gasteiger partial charge in [-0.2, -0.15) is 0 Å². The lowest BCUT2D eigenvalue weighted by Crippen LogP contribution is -2.44. The number of amides is 1. The van der Waals surface area contributed by atoms with Crippen LogP contribution in [0.1, 0.15) is 33.1 Å². The summed E-state index contributed by atoms with van der Waals surface area (Å²) in [5.74, 6) is 1.69. The molecule has 0 aliphatic heterocycles. The first-order valence-corrected chi connectivity index (χ1v) is 10.6. The maximum Gasteiger partial charge on any atom is 0.230 e. The predicted octanol–water partition coefficient (Wildman–Crippen LogP) is 3.98. The molecule has 0 unspecified atom stereocenters. The van der Waals surface area contributed by atoms with Crippen molar-refractivity contribution in [1.29, 1.82) is 0 Å². The number of nitrogens with one attached hydrogen (secondary N) is 1. The lowest BCUT2D eigenvalue weighted by atomic mass is 9.78. The molecular formula is C18H22N4OS2. The van der Waals surface area contributed by atoms with Crippen LogP contribution in [-0.4, -0.2) is 32.3 Å². The first-order chi connectivity index (χ1) is 12.1. The van der Waals surface area contributed by atoms with Crippen LogP contribution in [-0.2, 0) is 4.79 Å². The molecule has 5 nitrogen and oxygen atoms in total. The molecule has 1 saturated carbocycles. The second kappa shape index (κ2) is 6.96. The zero-order chi connectivity index (χ0) is 17.4. The second-order valence-electron chi connectivity index (χ2n) is 6.90. The molecule has 3 aromatic rings. The van der Waals surface area contributed by atoms with Crippen LogP contribution in [0.4, 0.5) is 0 Å². The van der Waals surface area contributed by atoms with Gasteiger partial charge in [-0.1, -0.05) is 61.9 Å². The number of para-hydroxylation sites is 1. The van der Waals surface area contributed by atoms with Crippen molar-refractivity contribution in [2.24, 2.45) is 11.8 Å². The van der Waals surface area contributed by atoms with Crippen molar-refractivity contribution in [3.8, 4) is 0 Å². The van der Waals surface area contributed by atoms with E-state index < -0.39 is 0 Å². The van der Waals surface area contributed by atoms with Crippen LogP contribution >= 0.6 is 23.1 Å². The first kappa shape index (κ1) is 16.8. The van der Waals surface area contributed by atoms with Gasteiger partial charge in [-0.3, -0.25) is 9.20 Å². The van der Waals surface area contributed by atoms with Gasteiger partial charge in [-0.15, -0.1) is 10.2 Å². The van der Waals surface area contributed by atoms with Crippen molar-refractivity contribution in [3.63, 3.8) is 0 Å². The van der Waals surface area contributed by atoms with Crippen LogP contribution in [0.25, 0.3) is 15.2 Å². The largest absolute Gasteiger partial charge is 0.352 e. The summed E-state index contributed by atoms with van der Waals surface area (Å²) in [6.07, 6.45) is 3.56. The highest BCUT2D eigenvalue weighted by atomic mass is 32.2. The summed E-state index contributed by atoms with van der Waals surface area (Å²) in [4.78, 5) is 13.3. The molecule has 132 valence electrons. The van der Waals surface area contributed by atoms with Crippen molar-refractivity contribution >= 4 is 44.2 Å². The standard InChI is InChI=1S/C18H22N4OS2/c1-11-6-5-7-13(12(11)2)19-16(23)10-24-17-20-21-18-22(17)14-8-3-4-9-15(14)25-18/h3-4,8-9,11-13H,5-7,10H2,1-2H3,(H,19,23)/t11-,12+,13-/m1/s1. The number of fused-ring (bicyclic) bond motifs is 3. The number of nitrogens with zero attached hydrogens (tertiary/aromatic N) is 3. The van der Waals surface area contributed by atoms with E-state index in [1.807, 2.05) is 16.5 Å². The fourth-order valence-corrected chi connectivity index (χ4v) is 5.39. The van der Waals surface area contributed by atoms with Gasteiger partial charge in [-0.05, 0) is 30.4 Å². The van der Waals surface area contributed by atoms with Crippen LogP contribution in [0.5, 0.6) is 0 Å². The Balaban J connectivity index is 1.44. The molecule has 1 fully saturated rings. The quantitative estimate of drug-likeness (QED) is 0.702. The molecule has 3 atom stereocenters. The summed E-state index contributed by atoms with van der Waals surface area (Å²) >= 11 is 3.08. The van der Waals surface area contributed by atoms with Gasteiger partial charge < -0.3 is 5.32 Å². The van der Waals surface area contributed by atoms with Gasteiger partial charge in [-0.25, -0.2) is 0 Å². The minimum absolute atomic E-state index is 0.0900. The van der Waals surface area contributed by atoms with Crippen LogP contribution in [0.15, 0.2) is 29.4 Å². The monoisotopic (exact) mass is 374 g/mol. The number of thioether (sulfide) groups is 1. The van der Waals surface area contributed by atoms with E-state index in [9.17, 15) is 4.79 Å². The molecule has 4 rings (SSSR count). The van der Waals surface area contributed by atoms with E-state index in [1.54, 1.807) is 11.3 Å². The van der Waals surface area contributed by atoms with Gasteiger partial charge in [0.05, 0.1) is 16.0 Å². The SMILES string of the molecule is C[C@H]1[C@H](C)CCC[C@H]1NC(=O)CSc1nnc2sc3ccccc3n12. The Morgan fingerprint density at radius 1 is 1.32 bits per heavy atom. The zero-order valence-electron chi connectivity index (χ0n) is 14.4. The summed E-state index contributed by atoms with van der Waals surface area (Å²) in [6.45, 7) is 4.54. The van der Waals surface area contributed by atoms with E-state index in [2.05, 4.69) is 41.5 Å². The molecule has 1 amide bonds. The highest BCUT2D eigenvalue weighted by Crippen LogP contribution is 2.31. The summed E-state index contributed by atoms with van der Waals surface area (Å²) in [6, 6.07) is 8.50. The molecule has 0 bridgehead atoms. The Morgan fingerprint density at radius 3 is 3.04 bits per heavy atom. The Kier molecular flexibility index (Phi) is 4.69. The molecular weight excluding hydrogens is 352 g/mol. The van der Waals surface area contributed by atoms with Gasteiger partial charge in [0.15, 0.2) is 5.16 Å². The van der Waals surface area contributed by atoms with Crippen LogP contribution in [0.2, 0.25) is 0 Å². The molecule has 0 radical (unpaired) electrons. The van der Waals surface area contributed by atoms with E-state index in [0.717, 1.165) is 22.1 Å². The molecule has 1 aromatic carbocycles. The number of thiazole rings is 1. The average Bonchev–Trinajstić information content (AvgIpc) is 3.16. The van der Waals surface area contributed by atoms with Gasteiger partial charge >= 0.3 is 0 Å². The maximum absolute atomic E-state index is 12.4. The Labute approximate surface area is 155 Å². The van der Waals surface area contributed by atoms with E-state index in [1.165, 1.54) is 29.3 Å². The number of benzene rings is 1. The predicted molar refractivity (Wildman–Crippen MR) is 103 cm³/mol. The number of rotatable bonds is 4. The Bertz CT molecular complexity index is 903. The van der Waals surface area contributed by atoms with Gasteiger partial charge in [0.1, 0.15) is 0 Å². The molecule has 1 aliphatic rings. The normalized spacial score (nSPS) is 24.0. The van der Waals surface area contributed by atoms with Crippen molar-refractivity contribution in [1.82, 2.24) is 19.9 Å². The van der Waals surface area contributed by atoms with Crippen LogP contribution in [0.3, 0.4) is 0 Å². The molecule has 25 heavy (non-hydrogen) atoms. The van der Waals surface area contributed by atoms with Crippen LogP contribution < -0.4 is 5.32 Å². The maximum atomic E-state index is 12.4. The van der Waals surface area contributed by atoms with E-state index in [4.69, 9.17) is 0 Å². The first-order valence-electron chi connectivity index (χ1n) is 8.78. The molecule has 1 aliphatic carbocycles. The lowest BCUT2D eigenvalue weighted by molar-refractivity contribution is -0.120. The highest BCUT2D eigenvalue weighted by molar-refractivity contribution is 7.99. The van der Waals surface area contributed by atoms with Gasteiger partial charge in [0.2, 0.25) is 10.9 Å². The Hall–Kier alpha value is -1.60. The minimum Gasteiger partial charge on any atom is -0.352 e. The van der Waals surface area contributed by atoms with Crippen molar-refractivity contribution < 1.29 is 4.79 Å². The minimum atomic E-state index is 0.0900. The molecule has 0 saturated heterocycles. The molecule has 2 aromatic heterocycles. The second-order valence-corrected chi connectivity index (χ2v) is 8.85. The number of carbonyl (C=O) groups is 1. The lowest BCUT2D eigenvalue weighted by Gasteiger charge is -2.34. The summed E-state index contributed by atoms with van der Waals surface area (Å²) in [5, 5.41) is 12.5. The third-order valence-corrected chi connectivity index (χ3v) is 7.24. The zero-order valence-corrected chi connectivity index (χ0v) is 16.1. The average molecular weight is 375 g/mol. The van der Waals surface area contributed by atoms with E-state index in [0.29, 0.717) is 23.6 Å². The number of aromatic nitrogens is 3. The summed E-state index contributed by atoms with van der Waals surface area (Å²) in [5.41, 5.74) is 1.10. The third kappa shape index (κ3) is 3.27. The fourth-order valence-electron chi connectivity index (χ4n) is 3.61. The summed E-state index contributed by atoms with van der Waals surface area (Å²) < 4.78 is 3.23. The smallest absolute Gasteiger partial charge is 0.230 e. The molecule has 0 spiro atoms. The van der Waals surface area contributed by atoms with Crippen molar-refractivity contribution in [2.75, 3.05) is 5.75 Å². The molecule has 7 heteroatoms. The Morgan fingerprint density at radius 2 is 2.16 bits per heavy atom. The van der Waals surface area contributed by atoms with E-state index >= 15 is 0 Å². The number of hydrogen-bond donors (Lipinski definition) is 1. The third-order valence-electron chi connectivity index (χ3n) is 5.30. The number of carbonyl (C=O) groups excluding carboxylic acids is 1. The van der Waals surface area contributed by atoms with Gasteiger partial charge in [0.25, 0.3) is 0 Å². The number of hydrogen-bond acceptors (Lipinski definition) is 5. The molecule has 1 N–H and O–H groups in total. The topological polar surface area (TPSA) is 59.3 Å². The summed E-state index contributed by atoms with van der Waals surface area (Å²) in [7, 11) is 0. The van der Waals surface area contributed by atoms with Crippen LogP contribution in [0, 0.1) is 11.8 Å². The van der Waals surface area contributed by atoms with Crippen molar-refractivity contribution in [2.45, 2.75) is 44.3 Å². The highest BCUT2D eigenvalue weighted by Gasteiger charge is 2.28. The van der Waals surface area contributed by atoms with E-state index in [-0.39, 0.29) is 5.91 Å². The fraction of sp³-hybridized carbons (Fsp3) is 0.500. The van der Waals surface area contributed by atoms with Crippen molar-refractivity contribution in [3.05, 3.63) is 24.3 Å². The van der Waals surface area contributed by atoms with Gasteiger partial charge in [0, 0.05) is 6.04 Å². The molecule has 2 heterocycles.